The second-order valence-electron chi connectivity index (χ2n) is 3.71. The third kappa shape index (κ3) is 1.83. The van der Waals surface area contributed by atoms with Crippen LogP contribution >= 0.6 is 23.2 Å². The molecule has 14 heavy (non-hydrogen) atoms. The normalized spacial score (nSPS) is 18.8. The molecule has 1 aromatic carbocycles. The fourth-order valence-electron chi connectivity index (χ4n) is 1.38. The lowest BCUT2D eigenvalue weighted by atomic mass is 10.00. The predicted molar refractivity (Wildman–Crippen MR) is 58.4 cm³/mol. The molecule has 0 saturated carbocycles. The molecule has 0 amide bonds. The van der Waals surface area contributed by atoms with Crippen molar-refractivity contribution in [2.24, 2.45) is 0 Å². The Kier molecular flexibility index (Phi) is 2.60. The zero-order valence-corrected chi connectivity index (χ0v) is 9.32. The first-order valence-electron chi connectivity index (χ1n) is 4.44. The van der Waals surface area contributed by atoms with Crippen molar-refractivity contribution in [1.29, 1.82) is 0 Å². The van der Waals surface area contributed by atoms with Crippen molar-refractivity contribution in [3.8, 4) is 5.75 Å². The minimum atomic E-state index is -0.172. The van der Waals surface area contributed by atoms with Crippen LogP contribution in [0.3, 0.4) is 0 Å². The van der Waals surface area contributed by atoms with Crippen molar-refractivity contribution in [1.82, 2.24) is 5.32 Å². The highest BCUT2D eigenvalue weighted by molar-refractivity contribution is 6.37. The number of halogens is 2. The number of hydrogen-bond donors (Lipinski definition) is 1. The topological polar surface area (TPSA) is 21.3 Å². The van der Waals surface area contributed by atoms with Crippen molar-refractivity contribution >= 4 is 23.2 Å². The van der Waals surface area contributed by atoms with Gasteiger partial charge in [0.05, 0.1) is 10.0 Å². The van der Waals surface area contributed by atoms with Gasteiger partial charge in [0.25, 0.3) is 0 Å². The SMILES string of the molecule is CC1(Oc2c(Cl)cccc2Cl)CNC1. The molecule has 0 bridgehead atoms. The maximum Gasteiger partial charge on any atom is 0.157 e. The van der Waals surface area contributed by atoms with Gasteiger partial charge in [0.2, 0.25) is 0 Å². The monoisotopic (exact) mass is 231 g/mol. The summed E-state index contributed by atoms with van der Waals surface area (Å²) in [6.45, 7) is 3.69. The van der Waals surface area contributed by atoms with Crippen molar-refractivity contribution in [3.05, 3.63) is 28.2 Å². The van der Waals surface area contributed by atoms with Gasteiger partial charge in [-0.2, -0.15) is 0 Å². The van der Waals surface area contributed by atoms with E-state index in [-0.39, 0.29) is 5.60 Å². The largest absolute Gasteiger partial charge is 0.482 e. The molecular formula is C10H11Cl2NO. The first-order chi connectivity index (χ1) is 6.61. The van der Waals surface area contributed by atoms with Gasteiger partial charge in [0.15, 0.2) is 5.75 Å². The molecular weight excluding hydrogens is 221 g/mol. The van der Waals surface area contributed by atoms with E-state index in [9.17, 15) is 0 Å². The van der Waals surface area contributed by atoms with Crippen LogP contribution in [-0.2, 0) is 0 Å². The molecule has 4 heteroatoms. The summed E-state index contributed by atoms with van der Waals surface area (Å²) in [5, 5.41) is 4.27. The van der Waals surface area contributed by atoms with E-state index in [2.05, 4.69) is 5.32 Å². The van der Waals surface area contributed by atoms with E-state index in [1.165, 1.54) is 0 Å². The number of rotatable bonds is 2. The molecule has 1 N–H and O–H groups in total. The van der Waals surface area contributed by atoms with Crippen LogP contribution in [0, 0.1) is 0 Å². The molecule has 0 atom stereocenters. The number of hydrogen-bond acceptors (Lipinski definition) is 2. The van der Waals surface area contributed by atoms with E-state index in [0.717, 1.165) is 13.1 Å². The molecule has 1 aliphatic heterocycles. The van der Waals surface area contributed by atoms with Crippen molar-refractivity contribution in [2.45, 2.75) is 12.5 Å². The summed E-state index contributed by atoms with van der Waals surface area (Å²) in [5.41, 5.74) is -0.172. The Bertz CT molecular complexity index is 330. The highest BCUT2D eigenvalue weighted by atomic mass is 35.5. The first kappa shape index (κ1) is 10.1. The van der Waals surface area contributed by atoms with Crippen LogP contribution in [0.15, 0.2) is 18.2 Å². The fraction of sp³-hybridized carbons (Fsp3) is 0.400. The van der Waals surface area contributed by atoms with Gasteiger partial charge in [-0.15, -0.1) is 0 Å². The van der Waals surface area contributed by atoms with Crippen molar-refractivity contribution < 1.29 is 4.74 Å². The molecule has 1 saturated heterocycles. The first-order valence-corrected chi connectivity index (χ1v) is 5.20. The molecule has 0 unspecified atom stereocenters. The van der Waals surface area contributed by atoms with Gasteiger partial charge < -0.3 is 10.1 Å². The van der Waals surface area contributed by atoms with Crippen molar-refractivity contribution in [3.63, 3.8) is 0 Å². The Morgan fingerprint density at radius 2 is 1.86 bits per heavy atom. The summed E-state index contributed by atoms with van der Waals surface area (Å²) in [4.78, 5) is 0. The van der Waals surface area contributed by atoms with Crippen LogP contribution in [0.25, 0.3) is 0 Å². The van der Waals surface area contributed by atoms with Crippen molar-refractivity contribution in [2.75, 3.05) is 13.1 Å². The molecule has 76 valence electrons. The average Bonchev–Trinajstić information content (AvgIpc) is 2.09. The van der Waals surface area contributed by atoms with Crippen LogP contribution in [0.5, 0.6) is 5.75 Å². The van der Waals surface area contributed by atoms with E-state index < -0.39 is 0 Å². The Balaban J connectivity index is 2.23. The number of ether oxygens (including phenoxy) is 1. The number of para-hydroxylation sites is 1. The summed E-state index contributed by atoms with van der Waals surface area (Å²) in [5.74, 6) is 0.583. The lowest BCUT2D eigenvalue weighted by molar-refractivity contribution is 0.0350. The number of nitrogens with one attached hydrogen (secondary N) is 1. The second-order valence-corrected chi connectivity index (χ2v) is 4.52. The highest BCUT2D eigenvalue weighted by Gasteiger charge is 2.34. The van der Waals surface area contributed by atoms with Gasteiger partial charge in [-0.1, -0.05) is 29.3 Å². The summed E-state index contributed by atoms with van der Waals surface area (Å²) in [6.07, 6.45) is 0. The summed E-state index contributed by atoms with van der Waals surface area (Å²) < 4.78 is 5.77. The molecule has 1 aliphatic rings. The fourth-order valence-corrected chi connectivity index (χ4v) is 1.85. The molecule has 1 heterocycles. The van der Waals surface area contributed by atoms with Gasteiger partial charge in [0.1, 0.15) is 5.60 Å². The zero-order valence-electron chi connectivity index (χ0n) is 7.81. The summed E-state index contributed by atoms with van der Waals surface area (Å²) in [6, 6.07) is 5.36. The van der Waals surface area contributed by atoms with Crippen LogP contribution in [0.4, 0.5) is 0 Å². The van der Waals surface area contributed by atoms with E-state index >= 15 is 0 Å². The quantitative estimate of drug-likeness (QED) is 0.846. The third-order valence-corrected chi connectivity index (χ3v) is 2.86. The molecule has 0 spiro atoms. The zero-order chi connectivity index (χ0) is 10.2. The van der Waals surface area contributed by atoms with Crippen LogP contribution in [-0.4, -0.2) is 18.7 Å². The molecule has 2 nitrogen and oxygen atoms in total. The Morgan fingerprint density at radius 3 is 2.29 bits per heavy atom. The van der Waals surface area contributed by atoms with Gasteiger partial charge in [-0.3, -0.25) is 0 Å². The summed E-state index contributed by atoms with van der Waals surface area (Å²) >= 11 is 12.0. The highest BCUT2D eigenvalue weighted by Crippen LogP contribution is 2.35. The van der Waals surface area contributed by atoms with Gasteiger partial charge in [-0.05, 0) is 19.1 Å². The predicted octanol–water partition coefficient (Wildman–Crippen LogP) is 2.73. The molecule has 0 radical (unpaired) electrons. The maximum atomic E-state index is 5.99. The molecule has 0 aliphatic carbocycles. The second kappa shape index (κ2) is 3.61. The third-order valence-electron chi connectivity index (χ3n) is 2.27. The van der Waals surface area contributed by atoms with Crippen LogP contribution < -0.4 is 10.1 Å². The minimum absolute atomic E-state index is 0.172. The summed E-state index contributed by atoms with van der Waals surface area (Å²) in [7, 11) is 0. The lowest BCUT2D eigenvalue weighted by Crippen LogP contribution is -2.61. The Morgan fingerprint density at radius 1 is 1.29 bits per heavy atom. The maximum absolute atomic E-state index is 5.99. The lowest BCUT2D eigenvalue weighted by Gasteiger charge is -2.39. The molecule has 1 aromatic rings. The standard InChI is InChI=1S/C10H11Cl2NO/c1-10(5-13-6-10)14-9-7(11)3-2-4-8(9)12/h2-4,13H,5-6H2,1H3. The Labute approximate surface area is 93.2 Å². The van der Waals surface area contributed by atoms with Gasteiger partial charge in [0, 0.05) is 13.1 Å². The van der Waals surface area contributed by atoms with E-state index in [1.807, 2.05) is 6.92 Å². The smallest absolute Gasteiger partial charge is 0.157 e. The average molecular weight is 232 g/mol. The van der Waals surface area contributed by atoms with Crippen LogP contribution in [0.2, 0.25) is 10.0 Å². The van der Waals surface area contributed by atoms with E-state index in [0.29, 0.717) is 15.8 Å². The minimum Gasteiger partial charge on any atom is -0.482 e. The van der Waals surface area contributed by atoms with Gasteiger partial charge >= 0.3 is 0 Å². The van der Waals surface area contributed by atoms with Crippen LogP contribution in [0.1, 0.15) is 6.92 Å². The number of benzene rings is 1. The van der Waals surface area contributed by atoms with E-state index in [1.54, 1.807) is 18.2 Å². The molecule has 0 aromatic heterocycles. The molecule has 1 fully saturated rings. The van der Waals surface area contributed by atoms with E-state index in [4.69, 9.17) is 27.9 Å². The molecule has 2 rings (SSSR count). The van der Waals surface area contributed by atoms with Gasteiger partial charge in [-0.25, -0.2) is 0 Å². The Hall–Kier alpha value is -0.440.